The van der Waals surface area contributed by atoms with Crippen molar-refractivity contribution in [3.8, 4) is 17.2 Å². The first-order chi connectivity index (χ1) is 13.4. The Labute approximate surface area is 196 Å². The molecule has 12 heteroatoms. The molecular formula is C18H24F2NaO8P. The maximum Gasteiger partial charge on any atom is 1.00 e. The summed E-state index contributed by atoms with van der Waals surface area (Å²) in [6.07, 6.45) is 5.02. The summed E-state index contributed by atoms with van der Waals surface area (Å²) in [5, 5.41) is 0. The van der Waals surface area contributed by atoms with Crippen molar-refractivity contribution < 1.29 is 76.5 Å². The van der Waals surface area contributed by atoms with Crippen LogP contribution in [0.3, 0.4) is 0 Å². The van der Waals surface area contributed by atoms with E-state index in [1.807, 2.05) is 0 Å². The molecule has 0 aliphatic heterocycles. The molecule has 0 bridgehead atoms. The van der Waals surface area contributed by atoms with Gasteiger partial charge in [0.1, 0.15) is 0 Å². The van der Waals surface area contributed by atoms with Gasteiger partial charge in [-0.25, -0.2) is 13.3 Å². The third kappa shape index (κ3) is 9.36. The molecule has 0 heterocycles. The maximum atomic E-state index is 14.7. The van der Waals surface area contributed by atoms with Crippen molar-refractivity contribution >= 4 is 7.82 Å². The van der Waals surface area contributed by atoms with Crippen LogP contribution in [0.25, 0.3) is 0 Å². The Morgan fingerprint density at radius 1 is 1.07 bits per heavy atom. The van der Waals surface area contributed by atoms with Gasteiger partial charge < -0.3 is 33.6 Å². The monoisotopic (exact) mass is 460 g/mol. The van der Waals surface area contributed by atoms with Gasteiger partial charge in [-0.2, -0.15) is 6.08 Å². The van der Waals surface area contributed by atoms with Crippen molar-refractivity contribution in [3.63, 3.8) is 0 Å². The zero-order chi connectivity index (χ0) is 22.2. The van der Waals surface area contributed by atoms with E-state index in [-0.39, 0.29) is 35.1 Å². The molecule has 0 atom stereocenters. The predicted molar refractivity (Wildman–Crippen MR) is 101 cm³/mol. The molecule has 0 saturated heterocycles. The van der Waals surface area contributed by atoms with Gasteiger partial charge in [-0.15, -0.1) is 17.7 Å². The van der Waals surface area contributed by atoms with Crippen molar-refractivity contribution in [2.24, 2.45) is 0 Å². The van der Waals surface area contributed by atoms with Crippen molar-refractivity contribution in [2.45, 2.75) is 18.8 Å². The zero-order valence-corrected chi connectivity index (χ0v) is 20.3. The fourth-order valence-corrected chi connectivity index (χ4v) is 2.55. The summed E-state index contributed by atoms with van der Waals surface area (Å²) >= 11 is 0. The molecule has 0 amide bonds. The molecule has 30 heavy (non-hydrogen) atoms. The zero-order valence-electron chi connectivity index (χ0n) is 17.4. The van der Waals surface area contributed by atoms with Crippen LogP contribution in [0.4, 0.5) is 8.78 Å². The maximum absolute atomic E-state index is 14.7. The Hall–Kier alpha value is -1.10. The second kappa shape index (κ2) is 12.7. The van der Waals surface area contributed by atoms with Crippen LogP contribution in [0.1, 0.15) is 12.0 Å². The summed E-state index contributed by atoms with van der Waals surface area (Å²) in [6.45, 7) is 0. The van der Waals surface area contributed by atoms with E-state index in [9.17, 15) is 8.78 Å². The average Bonchev–Trinajstić information content (AvgIpc) is 2.65. The standard InChI is InChI=1S/C18H21F2O4.Na.H3O4P/c1-21-14-7-5-6-13(10-14)18(19,20)11-12-8-15(22-2)17(24-4)16(9-12)23-3;;1-5(2,3)4/h5-6,8-10H,7,11H2,1-4H3;;(H3,1,2,3,4)/q-1;+1;. The van der Waals surface area contributed by atoms with Gasteiger partial charge in [0.25, 0.3) is 0 Å². The number of allylic oxidation sites excluding steroid dienone is 2. The summed E-state index contributed by atoms with van der Waals surface area (Å²) in [5.74, 6) is -1.98. The molecule has 2 rings (SSSR count). The summed E-state index contributed by atoms with van der Waals surface area (Å²) in [6, 6.07) is 3.06. The minimum absolute atomic E-state index is 0. The first-order valence-corrected chi connectivity index (χ1v) is 9.75. The van der Waals surface area contributed by atoms with Crippen LogP contribution in [-0.2, 0) is 15.7 Å². The van der Waals surface area contributed by atoms with E-state index in [1.54, 1.807) is 6.08 Å². The minimum atomic E-state index is -4.64. The number of hydrogen-bond donors (Lipinski definition) is 3. The van der Waals surface area contributed by atoms with E-state index in [0.29, 0.717) is 35.3 Å². The number of benzene rings is 1. The number of alkyl halides is 2. The number of methoxy groups -OCH3 is 4. The van der Waals surface area contributed by atoms with E-state index < -0.39 is 20.2 Å². The van der Waals surface area contributed by atoms with E-state index >= 15 is 0 Å². The second-order valence-electron chi connectivity index (χ2n) is 5.80. The van der Waals surface area contributed by atoms with Crippen molar-refractivity contribution in [1.82, 2.24) is 0 Å². The molecule has 0 aromatic heterocycles. The molecule has 3 N–H and O–H groups in total. The van der Waals surface area contributed by atoms with Gasteiger partial charge in [-0.3, -0.25) is 0 Å². The van der Waals surface area contributed by atoms with Gasteiger partial charge in [-0.1, -0.05) is 12.5 Å². The average molecular weight is 460 g/mol. The molecule has 1 aromatic carbocycles. The molecule has 8 nitrogen and oxygen atoms in total. The Bertz CT molecular complexity index is 761. The molecule has 0 spiro atoms. The molecule has 0 radical (unpaired) electrons. The summed E-state index contributed by atoms with van der Waals surface area (Å²) in [5.41, 5.74) is 0.299. The van der Waals surface area contributed by atoms with Gasteiger partial charge in [0.2, 0.25) is 11.7 Å². The van der Waals surface area contributed by atoms with E-state index in [2.05, 4.69) is 0 Å². The summed E-state index contributed by atoms with van der Waals surface area (Å²) < 4.78 is 58.9. The number of phosphoric acid groups is 1. The number of halogens is 2. The fraction of sp³-hybridized carbons (Fsp3) is 0.389. The Kier molecular flexibility index (Phi) is 12.2. The largest absolute Gasteiger partial charge is 1.00 e. The van der Waals surface area contributed by atoms with Crippen LogP contribution < -0.4 is 43.8 Å². The number of rotatable bonds is 7. The molecule has 164 valence electrons. The number of hydrogen-bond acceptors (Lipinski definition) is 5. The second-order valence-corrected chi connectivity index (χ2v) is 6.83. The Morgan fingerprint density at radius 2 is 1.57 bits per heavy atom. The van der Waals surface area contributed by atoms with Gasteiger partial charge in [0.05, 0.1) is 21.3 Å². The molecule has 0 unspecified atom stereocenters. The third-order valence-corrected chi connectivity index (χ3v) is 3.77. The molecular weight excluding hydrogens is 436 g/mol. The molecule has 1 aliphatic rings. The van der Waals surface area contributed by atoms with Gasteiger partial charge in [0.15, 0.2) is 11.5 Å². The molecule has 0 fully saturated rings. The van der Waals surface area contributed by atoms with Gasteiger partial charge >= 0.3 is 37.4 Å². The number of ether oxygens (including phenoxy) is 4. The van der Waals surface area contributed by atoms with Crippen LogP contribution in [-0.4, -0.2) is 49.0 Å². The Balaban J connectivity index is 0.00000125. The van der Waals surface area contributed by atoms with Crippen LogP contribution in [0, 0.1) is 6.10 Å². The quantitative estimate of drug-likeness (QED) is 0.297. The van der Waals surface area contributed by atoms with Crippen molar-refractivity contribution in [3.05, 3.63) is 47.6 Å². The van der Waals surface area contributed by atoms with E-state index in [1.165, 1.54) is 52.7 Å². The first-order valence-electron chi connectivity index (χ1n) is 8.18. The van der Waals surface area contributed by atoms with E-state index in [0.717, 1.165) is 0 Å². The van der Waals surface area contributed by atoms with E-state index in [4.69, 9.17) is 38.2 Å². The topological polar surface area (TPSA) is 115 Å². The van der Waals surface area contributed by atoms with Gasteiger partial charge in [-0.05, 0) is 17.7 Å². The van der Waals surface area contributed by atoms with Gasteiger partial charge in [0, 0.05) is 13.5 Å². The SMILES string of the molecule is COc1cc(CC(F)(F)C2=C[C-](OC)CC=C2)cc(OC)c1OC.O=P(O)(O)O.[Na+]. The van der Waals surface area contributed by atoms with Crippen molar-refractivity contribution in [2.75, 3.05) is 28.4 Å². The smallest absolute Gasteiger partial charge is 0.493 e. The normalized spacial score (nSPS) is 13.5. The van der Waals surface area contributed by atoms with Crippen LogP contribution in [0.5, 0.6) is 17.2 Å². The Morgan fingerprint density at radius 3 is 1.97 bits per heavy atom. The summed E-state index contributed by atoms with van der Waals surface area (Å²) in [4.78, 5) is 21.6. The molecule has 1 aliphatic carbocycles. The minimum Gasteiger partial charge on any atom is -0.493 e. The fourth-order valence-electron chi connectivity index (χ4n) is 2.55. The van der Waals surface area contributed by atoms with Crippen molar-refractivity contribution in [1.29, 1.82) is 0 Å². The predicted octanol–water partition coefficient (Wildman–Crippen LogP) is 0.0303. The summed E-state index contributed by atoms with van der Waals surface area (Å²) in [7, 11) is 1.20. The third-order valence-electron chi connectivity index (χ3n) is 3.77. The molecule has 1 aromatic rings. The van der Waals surface area contributed by atoms with Crippen LogP contribution in [0.15, 0.2) is 35.9 Å². The molecule has 0 saturated carbocycles. The van der Waals surface area contributed by atoms with Crippen LogP contribution >= 0.6 is 7.82 Å². The first kappa shape index (κ1) is 28.9. The van der Waals surface area contributed by atoms with Crippen LogP contribution in [0.2, 0.25) is 0 Å².